The molecule has 0 aromatic heterocycles. The number of rotatable bonds is 5. The maximum atomic E-state index is 12.4. The van der Waals surface area contributed by atoms with Gasteiger partial charge >= 0.3 is 5.97 Å². The molecule has 0 aliphatic rings. The van der Waals surface area contributed by atoms with E-state index in [2.05, 4.69) is 0 Å². The summed E-state index contributed by atoms with van der Waals surface area (Å²) in [5, 5.41) is 17.8. The highest BCUT2D eigenvalue weighted by atomic mass is 35.5. The molecule has 0 saturated heterocycles. The predicted octanol–water partition coefficient (Wildman–Crippen LogP) is 1.70. The molecule has 108 valence electrons. The molecule has 1 aromatic carbocycles. The van der Waals surface area contributed by atoms with Crippen LogP contribution in [0.3, 0.4) is 0 Å². The SMILES string of the molecule is CC(C)N(CC(=O)O)S(=O)(=O)c1ccc(Cl)c(C#N)c1. The molecule has 0 aliphatic heterocycles. The molecule has 0 atom stereocenters. The third-order valence-corrected chi connectivity index (χ3v) is 4.88. The van der Waals surface area contributed by atoms with Crippen LogP contribution in [0, 0.1) is 11.3 Å². The smallest absolute Gasteiger partial charge is 0.318 e. The van der Waals surface area contributed by atoms with Crippen LogP contribution in [-0.2, 0) is 14.8 Å². The van der Waals surface area contributed by atoms with E-state index in [1.54, 1.807) is 19.9 Å². The molecule has 0 fully saturated rings. The average molecular weight is 317 g/mol. The van der Waals surface area contributed by atoms with E-state index in [1.807, 2.05) is 0 Å². The van der Waals surface area contributed by atoms with Gasteiger partial charge in [-0.15, -0.1) is 0 Å². The first-order chi connectivity index (χ1) is 9.20. The number of benzene rings is 1. The molecule has 0 bridgehead atoms. The molecule has 0 radical (unpaired) electrons. The minimum Gasteiger partial charge on any atom is -0.480 e. The van der Waals surface area contributed by atoms with Crippen LogP contribution in [0.25, 0.3) is 0 Å². The summed E-state index contributed by atoms with van der Waals surface area (Å²) in [5.41, 5.74) is 0.0202. The quantitative estimate of drug-likeness (QED) is 0.891. The summed E-state index contributed by atoms with van der Waals surface area (Å²) >= 11 is 5.75. The molecular formula is C12H13ClN2O4S. The normalized spacial score (nSPS) is 11.6. The fraction of sp³-hybridized carbons (Fsp3) is 0.333. The molecule has 20 heavy (non-hydrogen) atoms. The Hall–Kier alpha value is -1.62. The van der Waals surface area contributed by atoms with Gasteiger partial charge in [0.25, 0.3) is 0 Å². The molecule has 0 heterocycles. The number of hydrogen-bond donors (Lipinski definition) is 1. The zero-order valence-corrected chi connectivity index (χ0v) is 12.4. The van der Waals surface area contributed by atoms with Crippen molar-refractivity contribution in [3.63, 3.8) is 0 Å². The van der Waals surface area contributed by atoms with E-state index in [0.717, 1.165) is 10.4 Å². The Kier molecular flexibility index (Phi) is 5.11. The number of sulfonamides is 1. The molecule has 1 aromatic rings. The van der Waals surface area contributed by atoms with Gasteiger partial charge in [-0.3, -0.25) is 4.79 Å². The summed E-state index contributed by atoms with van der Waals surface area (Å²) in [4.78, 5) is 10.6. The topological polar surface area (TPSA) is 98.5 Å². The van der Waals surface area contributed by atoms with E-state index in [-0.39, 0.29) is 15.5 Å². The van der Waals surface area contributed by atoms with Crippen LogP contribution < -0.4 is 0 Å². The van der Waals surface area contributed by atoms with Crippen LogP contribution in [0.15, 0.2) is 23.1 Å². The number of carboxylic acids is 1. The van der Waals surface area contributed by atoms with Crippen molar-refractivity contribution in [2.24, 2.45) is 0 Å². The molecule has 0 unspecified atom stereocenters. The second kappa shape index (κ2) is 6.22. The average Bonchev–Trinajstić information content (AvgIpc) is 2.35. The fourth-order valence-corrected chi connectivity index (χ4v) is 3.34. The summed E-state index contributed by atoms with van der Waals surface area (Å²) in [6.45, 7) is 2.49. The minimum absolute atomic E-state index is 0.0202. The number of hydrogen-bond acceptors (Lipinski definition) is 4. The standard InChI is InChI=1S/C12H13ClN2O4S/c1-8(2)15(7-12(16)17)20(18,19)10-3-4-11(13)9(5-10)6-14/h3-5,8H,7H2,1-2H3,(H,16,17). The number of carboxylic acid groups (broad SMARTS) is 1. The van der Waals surface area contributed by atoms with Crippen LogP contribution >= 0.6 is 11.6 Å². The highest BCUT2D eigenvalue weighted by Crippen LogP contribution is 2.23. The van der Waals surface area contributed by atoms with Gasteiger partial charge in [0.1, 0.15) is 12.6 Å². The van der Waals surface area contributed by atoms with Crippen molar-refractivity contribution in [3.05, 3.63) is 28.8 Å². The summed E-state index contributed by atoms with van der Waals surface area (Å²) in [6.07, 6.45) is 0. The lowest BCUT2D eigenvalue weighted by molar-refractivity contribution is -0.137. The minimum atomic E-state index is -4.00. The molecule has 1 N–H and O–H groups in total. The van der Waals surface area contributed by atoms with Crippen LogP contribution in [0.4, 0.5) is 0 Å². The predicted molar refractivity (Wildman–Crippen MR) is 72.8 cm³/mol. The first-order valence-electron chi connectivity index (χ1n) is 5.63. The number of nitrogens with zero attached hydrogens (tertiary/aromatic N) is 2. The highest BCUT2D eigenvalue weighted by molar-refractivity contribution is 7.89. The van der Waals surface area contributed by atoms with Crippen LogP contribution in [-0.4, -0.2) is 36.4 Å². The van der Waals surface area contributed by atoms with E-state index in [9.17, 15) is 13.2 Å². The van der Waals surface area contributed by atoms with Crippen molar-refractivity contribution in [3.8, 4) is 6.07 Å². The lowest BCUT2D eigenvalue weighted by Gasteiger charge is -2.24. The van der Waals surface area contributed by atoms with Gasteiger partial charge < -0.3 is 5.11 Å². The molecule has 0 amide bonds. The van der Waals surface area contributed by atoms with Gasteiger partial charge in [0.15, 0.2) is 0 Å². The van der Waals surface area contributed by atoms with E-state index < -0.39 is 28.6 Å². The van der Waals surface area contributed by atoms with Gasteiger partial charge in [0.05, 0.1) is 15.5 Å². The molecule has 8 heteroatoms. The Morgan fingerprint density at radius 3 is 2.55 bits per heavy atom. The van der Waals surface area contributed by atoms with E-state index in [1.165, 1.54) is 12.1 Å². The molecule has 0 aliphatic carbocycles. The van der Waals surface area contributed by atoms with Gasteiger partial charge in [-0.2, -0.15) is 9.57 Å². The summed E-state index contributed by atoms with van der Waals surface area (Å²) in [5.74, 6) is -1.25. The van der Waals surface area contributed by atoms with Crippen molar-refractivity contribution in [1.82, 2.24) is 4.31 Å². The Labute approximate surface area is 122 Å². The summed E-state index contributed by atoms with van der Waals surface area (Å²) in [6, 6.07) is 4.93. The number of carbonyl (C=O) groups is 1. The van der Waals surface area contributed by atoms with E-state index in [0.29, 0.717) is 0 Å². The van der Waals surface area contributed by atoms with Crippen LogP contribution in [0.2, 0.25) is 5.02 Å². The molecule has 6 nitrogen and oxygen atoms in total. The third-order valence-electron chi connectivity index (χ3n) is 2.53. The van der Waals surface area contributed by atoms with Crippen LogP contribution in [0.5, 0.6) is 0 Å². The Bertz CT molecular complexity index is 665. The zero-order chi connectivity index (χ0) is 15.5. The van der Waals surface area contributed by atoms with E-state index in [4.69, 9.17) is 22.0 Å². The number of nitriles is 1. The third kappa shape index (κ3) is 3.48. The molecular weight excluding hydrogens is 304 g/mol. The lowest BCUT2D eigenvalue weighted by Crippen LogP contribution is -2.40. The zero-order valence-electron chi connectivity index (χ0n) is 10.9. The monoisotopic (exact) mass is 316 g/mol. The number of aliphatic carboxylic acids is 1. The van der Waals surface area contributed by atoms with Gasteiger partial charge in [-0.25, -0.2) is 8.42 Å². The lowest BCUT2D eigenvalue weighted by atomic mass is 10.2. The van der Waals surface area contributed by atoms with Gasteiger partial charge in [0, 0.05) is 6.04 Å². The second-order valence-corrected chi connectivity index (χ2v) is 6.59. The van der Waals surface area contributed by atoms with Crippen molar-refractivity contribution >= 4 is 27.6 Å². The van der Waals surface area contributed by atoms with Gasteiger partial charge in [-0.05, 0) is 32.0 Å². The van der Waals surface area contributed by atoms with Crippen LogP contribution in [0.1, 0.15) is 19.4 Å². The van der Waals surface area contributed by atoms with Crippen molar-refractivity contribution in [1.29, 1.82) is 5.26 Å². The van der Waals surface area contributed by atoms with Gasteiger partial charge in [0.2, 0.25) is 10.0 Å². The highest BCUT2D eigenvalue weighted by Gasteiger charge is 2.29. The molecule has 0 saturated carbocycles. The maximum absolute atomic E-state index is 12.4. The van der Waals surface area contributed by atoms with Crippen molar-refractivity contribution in [2.75, 3.05) is 6.54 Å². The summed E-state index contributed by atoms with van der Waals surface area (Å²) < 4.78 is 25.6. The number of halogens is 1. The fourth-order valence-electron chi connectivity index (χ4n) is 1.56. The van der Waals surface area contributed by atoms with E-state index >= 15 is 0 Å². The first kappa shape index (κ1) is 16.4. The maximum Gasteiger partial charge on any atom is 0.318 e. The summed E-state index contributed by atoms with van der Waals surface area (Å²) in [7, 11) is -4.00. The largest absolute Gasteiger partial charge is 0.480 e. The Balaban J connectivity index is 3.34. The Morgan fingerprint density at radius 2 is 2.10 bits per heavy atom. The Morgan fingerprint density at radius 1 is 1.50 bits per heavy atom. The molecule has 1 rings (SSSR count). The second-order valence-electron chi connectivity index (χ2n) is 4.29. The molecule has 0 spiro atoms. The van der Waals surface area contributed by atoms with Crippen molar-refractivity contribution < 1.29 is 18.3 Å². The first-order valence-corrected chi connectivity index (χ1v) is 7.45. The van der Waals surface area contributed by atoms with Gasteiger partial charge in [-0.1, -0.05) is 11.6 Å². The van der Waals surface area contributed by atoms with Crippen molar-refractivity contribution in [2.45, 2.75) is 24.8 Å².